The molecule has 0 aliphatic carbocycles. The quantitative estimate of drug-likeness (QED) is 0.897. The summed E-state index contributed by atoms with van der Waals surface area (Å²) in [4.78, 5) is 4.05. The number of aromatic nitrogens is 1. The van der Waals surface area contributed by atoms with Gasteiger partial charge in [-0.15, -0.1) is 0 Å². The van der Waals surface area contributed by atoms with Gasteiger partial charge in [-0.25, -0.2) is 9.37 Å². The zero-order valence-corrected chi connectivity index (χ0v) is 11.3. The number of nitrogens with one attached hydrogen (secondary N) is 1. The summed E-state index contributed by atoms with van der Waals surface area (Å²) in [5, 5.41) is 11.9. The zero-order chi connectivity index (χ0) is 13.1. The monoisotopic (exact) mass is 325 g/mol. The first-order chi connectivity index (χ1) is 8.60. The third-order valence-corrected chi connectivity index (χ3v) is 3.07. The summed E-state index contributed by atoms with van der Waals surface area (Å²) < 4.78 is 13.5. The number of pyridine rings is 1. The van der Waals surface area contributed by atoms with E-state index >= 15 is 0 Å². The molecule has 2 aromatic rings. The van der Waals surface area contributed by atoms with Crippen LogP contribution >= 0.6 is 27.5 Å². The highest BCUT2D eigenvalue weighted by Crippen LogP contribution is 2.33. The number of benzene rings is 1. The number of anilines is 2. The Hall–Kier alpha value is -1.64. The Kier molecular flexibility index (Phi) is 3.80. The molecule has 3 nitrogen and oxygen atoms in total. The van der Waals surface area contributed by atoms with Gasteiger partial charge in [0.2, 0.25) is 0 Å². The van der Waals surface area contributed by atoms with Crippen molar-refractivity contribution < 1.29 is 4.39 Å². The van der Waals surface area contributed by atoms with E-state index < -0.39 is 5.82 Å². The van der Waals surface area contributed by atoms with Crippen molar-refractivity contribution in [2.45, 2.75) is 0 Å². The lowest BCUT2D eigenvalue weighted by atomic mass is 10.2. The number of rotatable bonds is 2. The van der Waals surface area contributed by atoms with Crippen molar-refractivity contribution in [3.8, 4) is 6.07 Å². The second-order valence-corrected chi connectivity index (χ2v) is 4.67. The molecule has 0 aliphatic heterocycles. The van der Waals surface area contributed by atoms with Crippen LogP contribution in [0.2, 0.25) is 5.02 Å². The van der Waals surface area contributed by atoms with Gasteiger partial charge < -0.3 is 5.32 Å². The molecule has 18 heavy (non-hydrogen) atoms. The van der Waals surface area contributed by atoms with Crippen LogP contribution in [0.15, 0.2) is 34.9 Å². The lowest BCUT2D eigenvalue weighted by molar-refractivity contribution is 0.627. The van der Waals surface area contributed by atoms with Gasteiger partial charge in [-0.3, -0.25) is 0 Å². The van der Waals surface area contributed by atoms with E-state index in [9.17, 15) is 4.39 Å². The highest BCUT2D eigenvalue weighted by Gasteiger charge is 2.09. The van der Waals surface area contributed by atoms with Crippen molar-refractivity contribution in [1.29, 1.82) is 5.26 Å². The fraction of sp³-hybridized carbons (Fsp3) is 0. The average Bonchev–Trinajstić information content (AvgIpc) is 2.34. The van der Waals surface area contributed by atoms with Crippen molar-refractivity contribution in [3.05, 3.63) is 51.3 Å². The zero-order valence-electron chi connectivity index (χ0n) is 8.92. The lowest BCUT2D eigenvalue weighted by Crippen LogP contribution is -1.96. The van der Waals surface area contributed by atoms with Crippen molar-refractivity contribution in [3.63, 3.8) is 0 Å². The van der Waals surface area contributed by atoms with Crippen LogP contribution in [0.4, 0.5) is 15.9 Å². The average molecular weight is 327 g/mol. The summed E-state index contributed by atoms with van der Waals surface area (Å²) in [7, 11) is 0. The van der Waals surface area contributed by atoms with Gasteiger partial charge in [-0.05, 0) is 40.2 Å². The molecular formula is C12H6BrClFN3. The van der Waals surface area contributed by atoms with Crippen LogP contribution in [-0.2, 0) is 0 Å². The fourth-order valence-electron chi connectivity index (χ4n) is 1.36. The molecule has 1 aromatic heterocycles. The van der Waals surface area contributed by atoms with E-state index in [4.69, 9.17) is 16.9 Å². The Labute approximate surface area is 116 Å². The number of halogens is 3. The Morgan fingerprint density at radius 2 is 2.17 bits per heavy atom. The first kappa shape index (κ1) is 12.8. The molecule has 1 heterocycles. The number of nitriles is 1. The molecule has 0 radical (unpaired) electrons. The fourth-order valence-corrected chi connectivity index (χ4v) is 2.26. The molecule has 0 unspecified atom stereocenters. The van der Waals surface area contributed by atoms with Crippen LogP contribution in [0.25, 0.3) is 0 Å². The third kappa shape index (κ3) is 2.78. The minimum Gasteiger partial charge on any atom is -0.338 e. The van der Waals surface area contributed by atoms with Gasteiger partial charge in [-0.1, -0.05) is 11.6 Å². The second kappa shape index (κ2) is 5.34. The Bertz CT molecular complexity index is 616. The van der Waals surface area contributed by atoms with Crippen LogP contribution < -0.4 is 5.32 Å². The van der Waals surface area contributed by atoms with E-state index in [1.165, 1.54) is 18.3 Å². The van der Waals surface area contributed by atoms with Crippen LogP contribution in [0.3, 0.4) is 0 Å². The molecule has 1 N–H and O–H groups in total. The molecule has 0 bridgehead atoms. The second-order valence-electron chi connectivity index (χ2n) is 3.41. The first-order valence-electron chi connectivity index (χ1n) is 4.88. The van der Waals surface area contributed by atoms with Gasteiger partial charge >= 0.3 is 0 Å². The topological polar surface area (TPSA) is 48.7 Å². The van der Waals surface area contributed by atoms with E-state index in [2.05, 4.69) is 26.2 Å². The number of hydrogen-bond acceptors (Lipinski definition) is 3. The molecule has 0 saturated carbocycles. The Morgan fingerprint density at radius 3 is 2.83 bits per heavy atom. The van der Waals surface area contributed by atoms with E-state index in [0.29, 0.717) is 21.5 Å². The molecule has 0 fully saturated rings. The molecule has 90 valence electrons. The molecule has 0 aliphatic rings. The summed E-state index contributed by atoms with van der Waals surface area (Å²) in [5.41, 5.74) is 0.975. The lowest BCUT2D eigenvalue weighted by Gasteiger charge is -2.10. The van der Waals surface area contributed by atoms with Crippen LogP contribution in [0, 0.1) is 17.1 Å². The third-order valence-electron chi connectivity index (χ3n) is 2.15. The van der Waals surface area contributed by atoms with Crippen molar-refractivity contribution in [2.75, 3.05) is 5.32 Å². The van der Waals surface area contributed by atoms with Crippen LogP contribution in [0.1, 0.15) is 5.56 Å². The smallest absolute Gasteiger partial charge is 0.131 e. The largest absolute Gasteiger partial charge is 0.338 e. The number of nitrogens with zero attached hydrogens (tertiary/aromatic N) is 2. The van der Waals surface area contributed by atoms with E-state index in [0.717, 1.165) is 0 Å². The summed E-state index contributed by atoms with van der Waals surface area (Å²) in [6.45, 7) is 0. The van der Waals surface area contributed by atoms with Gasteiger partial charge in [0, 0.05) is 10.7 Å². The predicted molar refractivity (Wildman–Crippen MR) is 71.3 cm³/mol. The summed E-state index contributed by atoms with van der Waals surface area (Å²) in [5.74, 6) is 0.0272. The Balaban J connectivity index is 2.37. The van der Waals surface area contributed by atoms with Crippen LogP contribution in [-0.4, -0.2) is 4.98 Å². The highest BCUT2D eigenvalue weighted by molar-refractivity contribution is 9.10. The van der Waals surface area contributed by atoms with Crippen molar-refractivity contribution in [2.24, 2.45) is 0 Å². The van der Waals surface area contributed by atoms with Gasteiger partial charge in [0.05, 0.1) is 22.3 Å². The van der Waals surface area contributed by atoms with E-state index in [-0.39, 0.29) is 5.02 Å². The molecule has 0 atom stereocenters. The molecule has 0 amide bonds. The summed E-state index contributed by atoms with van der Waals surface area (Å²) >= 11 is 9.14. The van der Waals surface area contributed by atoms with Crippen molar-refractivity contribution >= 4 is 39.0 Å². The van der Waals surface area contributed by atoms with Crippen LogP contribution in [0.5, 0.6) is 0 Å². The maximum Gasteiger partial charge on any atom is 0.131 e. The molecule has 0 spiro atoms. The van der Waals surface area contributed by atoms with Crippen molar-refractivity contribution in [1.82, 2.24) is 4.98 Å². The molecule has 0 saturated heterocycles. The maximum atomic E-state index is 13.1. The first-order valence-corrected chi connectivity index (χ1v) is 6.05. The predicted octanol–water partition coefficient (Wildman–Crippen LogP) is 4.25. The minimum absolute atomic E-state index is 0.228. The number of hydrogen-bond donors (Lipinski definition) is 1. The summed E-state index contributed by atoms with van der Waals surface area (Å²) in [6, 6.07) is 7.66. The van der Waals surface area contributed by atoms with Gasteiger partial charge in [0.15, 0.2) is 0 Å². The normalized spacial score (nSPS) is 9.89. The molecule has 6 heteroatoms. The molecular weight excluding hydrogens is 321 g/mol. The Morgan fingerprint density at radius 1 is 1.39 bits per heavy atom. The van der Waals surface area contributed by atoms with Gasteiger partial charge in [0.1, 0.15) is 11.6 Å². The SMILES string of the molecule is N#Cc1ccnc(Nc2c(Cl)cc(F)cc2Br)c1. The molecule has 2 rings (SSSR count). The van der Waals surface area contributed by atoms with E-state index in [1.807, 2.05) is 6.07 Å². The minimum atomic E-state index is -0.434. The van der Waals surface area contributed by atoms with E-state index in [1.54, 1.807) is 12.1 Å². The summed E-state index contributed by atoms with van der Waals surface area (Å²) in [6.07, 6.45) is 1.51. The maximum absolute atomic E-state index is 13.1. The highest BCUT2D eigenvalue weighted by atomic mass is 79.9. The van der Waals surface area contributed by atoms with Gasteiger partial charge in [0.25, 0.3) is 0 Å². The standard InChI is InChI=1S/C12H6BrClFN3/c13-9-4-8(15)5-10(14)12(9)18-11-3-7(6-16)1-2-17-11/h1-5H,(H,17,18). The molecule has 1 aromatic carbocycles. The van der Waals surface area contributed by atoms with Gasteiger partial charge in [-0.2, -0.15) is 5.26 Å².